The van der Waals surface area contributed by atoms with Crippen LogP contribution in [0.3, 0.4) is 0 Å². The number of hydrogen-bond acceptors (Lipinski definition) is 3. The number of aromatic nitrogens is 3. The average molecular weight is 251 g/mol. The van der Waals surface area contributed by atoms with E-state index in [1.54, 1.807) is 0 Å². The summed E-state index contributed by atoms with van der Waals surface area (Å²) in [7, 11) is 1.94. The van der Waals surface area contributed by atoms with Crippen LogP contribution in [0.1, 0.15) is 17.0 Å². The first-order valence-corrected chi connectivity index (χ1v) is 5.80. The third-order valence-corrected chi connectivity index (χ3v) is 3.07. The van der Waals surface area contributed by atoms with Gasteiger partial charge in [-0.3, -0.25) is 0 Å². The topological polar surface area (TPSA) is 42.7 Å². The largest absolute Gasteiger partial charge is 0.350 e. The maximum Gasteiger partial charge on any atom is 0.224 e. The fourth-order valence-corrected chi connectivity index (χ4v) is 1.82. The Morgan fingerprint density at radius 2 is 2.06 bits per heavy atom. The summed E-state index contributed by atoms with van der Waals surface area (Å²) in [5.74, 6) is 1.66. The monoisotopic (exact) mass is 250 g/mol. The van der Waals surface area contributed by atoms with Crippen molar-refractivity contribution in [2.45, 2.75) is 20.4 Å². The van der Waals surface area contributed by atoms with Crippen LogP contribution in [0.5, 0.6) is 0 Å². The summed E-state index contributed by atoms with van der Waals surface area (Å²) in [4.78, 5) is 0. The predicted molar refractivity (Wildman–Crippen MR) is 69.3 cm³/mol. The standard InChI is InChI=1S/C12H15ClN4/c1-8-6-11(13)5-4-10(8)7-14-12-16-15-9(2)17(12)3/h4-6H,7H2,1-3H3,(H,14,16). The molecule has 2 rings (SSSR count). The molecule has 17 heavy (non-hydrogen) atoms. The van der Waals surface area contributed by atoms with Gasteiger partial charge in [0.25, 0.3) is 0 Å². The zero-order chi connectivity index (χ0) is 12.4. The van der Waals surface area contributed by atoms with Crippen LogP contribution in [-0.4, -0.2) is 14.8 Å². The maximum absolute atomic E-state index is 5.92. The van der Waals surface area contributed by atoms with Crippen LogP contribution in [0, 0.1) is 13.8 Å². The Kier molecular flexibility index (Phi) is 3.33. The molecule has 0 bridgehead atoms. The predicted octanol–water partition coefficient (Wildman–Crippen LogP) is 2.70. The second-order valence-electron chi connectivity index (χ2n) is 4.05. The molecule has 0 aliphatic carbocycles. The van der Waals surface area contributed by atoms with E-state index in [-0.39, 0.29) is 0 Å². The minimum absolute atomic E-state index is 0.717. The van der Waals surface area contributed by atoms with Gasteiger partial charge in [-0.15, -0.1) is 10.2 Å². The molecular weight excluding hydrogens is 236 g/mol. The third kappa shape index (κ3) is 2.58. The number of benzene rings is 1. The highest BCUT2D eigenvalue weighted by molar-refractivity contribution is 6.30. The molecule has 4 nitrogen and oxygen atoms in total. The van der Waals surface area contributed by atoms with Crippen LogP contribution in [0.2, 0.25) is 5.02 Å². The van der Waals surface area contributed by atoms with Crippen LogP contribution in [0.15, 0.2) is 18.2 Å². The van der Waals surface area contributed by atoms with Gasteiger partial charge >= 0.3 is 0 Å². The molecule has 90 valence electrons. The summed E-state index contributed by atoms with van der Waals surface area (Å²) in [6.45, 7) is 4.69. The van der Waals surface area contributed by atoms with Crippen LogP contribution in [0.4, 0.5) is 5.95 Å². The molecule has 0 aliphatic heterocycles. The van der Waals surface area contributed by atoms with Crippen LogP contribution in [0.25, 0.3) is 0 Å². The highest BCUT2D eigenvalue weighted by atomic mass is 35.5. The van der Waals surface area contributed by atoms with E-state index in [4.69, 9.17) is 11.6 Å². The van der Waals surface area contributed by atoms with E-state index in [0.29, 0.717) is 0 Å². The molecular formula is C12H15ClN4. The quantitative estimate of drug-likeness (QED) is 0.911. The van der Waals surface area contributed by atoms with E-state index < -0.39 is 0 Å². The lowest BCUT2D eigenvalue weighted by molar-refractivity contribution is 0.853. The number of nitrogens with zero attached hydrogens (tertiary/aromatic N) is 3. The maximum atomic E-state index is 5.92. The lowest BCUT2D eigenvalue weighted by atomic mass is 10.1. The molecule has 0 spiro atoms. The number of anilines is 1. The Labute approximate surface area is 106 Å². The average Bonchev–Trinajstić information content (AvgIpc) is 2.59. The summed E-state index contributed by atoms with van der Waals surface area (Å²) >= 11 is 5.92. The van der Waals surface area contributed by atoms with Crippen LogP contribution >= 0.6 is 11.6 Å². The zero-order valence-electron chi connectivity index (χ0n) is 10.2. The summed E-state index contributed by atoms with van der Waals surface area (Å²) in [6, 6.07) is 5.88. The Morgan fingerprint density at radius 1 is 1.29 bits per heavy atom. The fraction of sp³-hybridized carbons (Fsp3) is 0.333. The number of aryl methyl sites for hydroxylation is 2. The van der Waals surface area contributed by atoms with Crippen molar-refractivity contribution >= 4 is 17.5 Å². The van der Waals surface area contributed by atoms with E-state index in [2.05, 4.69) is 15.5 Å². The SMILES string of the molecule is Cc1cc(Cl)ccc1CNc1nnc(C)n1C. The van der Waals surface area contributed by atoms with Gasteiger partial charge in [-0.05, 0) is 37.1 Å². The molecule has 1 heterocycles. The van der Waals surface area contributed by atoms with Gasteiger partial charge in [0.15, 0.2) is 0 Å². The lowest BCUT2D eigenvalue weighted by Gasteiger charge is -2.08. The second kappa shape index (κ2) is 4.75. The molecule has 0 atom stereocenters. The van der Waals surface area contributed by atoms with Crippen molar-refractivity contribution in [3.63, 3.8) is 0 Å². The molecule has 0 saturated heterocycles. The summed E-state index contributed by atoms with van der Waals surface area (Å²) in [5, 5.41) is 12.1. The normalized spacial score (nSPS) is 10.6. The van der Waals surface area contributed by atoms with Gasteiger partial charge in [-0.1, -0.05) is 17.7 Å². The Morgan fingerprint density at radius 3 is 2.65 bits per heavy atom. The molecule has 0 aliphatic rings. The Hall–Kier alpha value is -1.55. The Bertz CT molecular complexity index is 533. The Balaban J connectivity index is 2.10. The number of hydrogen-bond donors (Lipinski definition) is 1. The van der Waals surface area contributed by atoms with Gasteiger partial charge in [-0.25, -0.2) is 0 Å². The van der Waals surface area contributed by atoms with Crippen molar-refractivity contribution in [2.75, 3.05) is 5.32 Å². The molecule has 1 aromatic carbocycles. The highest BCUT2D eigenvalue weighted by Crippen LogP contribution is 2.16. The first-order valence-electron chi connectivity index (χ1n) is 5.43. The first-order chi connectivity index (χ1) is 8.08. The zero-order valence-corrected chi connectivity index (χ0v) is 10.9. The van der Waals surface area contributed by atoms with Crippen molar-refractivity contribution in [2.24, 2.45) is 7.05 Å². The van der Waals surface area contributed by atoms with Crippen LogP contribution in [-0.2, 0) is 13.6 Å². The van der Waals surface area contributed by atoms with Gasteiger partial charge in [0.2, 0.25) is 5.95 Å². The molecule has 0 fully saturated rings. The van der Waals surface area contributed by atoms with E-state index in [0.717, 1.165) is 23.3 Å². The minimum atomic E-state index is 0.717. The van der Waals surface area contributed by atoms with E-state index in [1.807, 2.05) is 43.7 Å². The molecule has 5 heteroatoms. The molecule has 0 radical (unpaired) electrons. The second-order valence-corrected chi connectivity index (χ2v) is 4.49. The molecule has 1 N–H and O–H groups in total. The summed E-state index contributed by atoms with van der Waals surface area (Å²) in [5.41, 5.74) is 2.37. The van der Waals surface area contributed by atoms with Crippen molar-refractivity contribution in [3.8, 4) is 0 Å². The molecule has 0 amide bonds. The third-order valence-electron chi connectivity index (χ3n) is 2.83. The van der Waals surface area contributed by atoms with E-state index in [9.17, 15) is 0 Å². The summed E-state index contributed by atoms with van der Waals surface area (Å²) in [6.07, 6.45) is 0. The van der Waals surface area contributed by atoms with Gasteiger partial charge < -0.3 is 9.88 Å². The number of halogens is 1. The van der Waals surface area contributed by atoms with Gasteiger partial charge in [0.05, 0.1) is 0 Å². The van der Waals surface area contributed by atoms with Crippen molar-refractivity contribution < 1.29 is 0 Å². The number of rotatable bonds is 3. The van der Waals surface area contributed by atoms with E-state index >= 15 is 0 Å². The molecule has 2 aromatic rings. The van der Waals surface area contributed by atoms with Crippen molar-refractivity contribution in [1.29, 1.82) is 0 Å². The highest BCUT2D eigenvalue weighted by Gasteiger charge is 2.05. The van der Waals surface area contributed by atoms with Gasteiger partial charge in [0, 0.05) is 18.6 Å². The number of nitrogens with one attached hydrogen (secondary N) is 1. The van der Waals surface area contributed by atoms with Gasteiger partial charge in [0.1, 0.15) is 5.82 Å². The smallest absolute Gasteiger partial charge is 0.224 e. The first kappa shape index (κ1) is 11.9. The summed E-state index contributed by atoms with van der Waals surface area (Å²) < 4.78 is 1.92. The molecule has 1 aromatic heterocycles. The molecule has 0 saturated carbocycles. The minimum Gasteiger partial charge on any atom is -0.350 e. The molecule has 0 unspecified atom stereocenters. The van der Waals surface area contributed by atoms with Crippen LogP contribution < -0.4 is 5.32 Å². The van der Waals surface area contributed by atoms with E-state index in [1.165, 1.54) is 11.1 Å². The van der Waals surface area contributed by atoms with Gasteiger partial charge in [-0.2, -0.15) is 0 Å². The fourth-order valence-electron chi connectivity index (χ4n) is 1.59. The van der Waals surface area contributed by atoms with Crippen molar-refractivity contribution in [1.82, 2.24) is 14.8 Å². The lowest BCUT2D eigenvalue weighted by Crippen LogP contribution is -2.06. The van der Waals surface area contributed by atoms with Crippen molar-refractivity contribution in [3.05, 3.63) is 40.2 Å².